The fourth-order valence-corrected chi connectivity index (χ4v) is 2.68. The Hall–Kier alpha value is -3.13. The maximum absolute atomic E-state index is 12.7. The molecule has 0 aliphatic rings. The molecule has 3 N–H and O–H groups in total. The number of aromatic amines is 1. The van der Waals surface area contributed by atoms with E-state index in [1.807, 2.05) is 0 Å². The van der Waals surface area contributed by atoms with Gasteiger partial charge >= 0.3 is 5.97 Å². The van der Waals surface area contributed by atoms with Crippen LogP contribution in [0.3, 0.4) is 0 Å². The highest BCUT2D eigenvalue weighted by molar-refractivity contribution is 5.87. The summed E-state index contributed by atoms with van der Waals surface area (Å²) >= 11 is 0. The minimum absolute atomic E-state index is 0.0630. The predicted molar refractivity (Wildman–Crippen MR) is 86.9 cm³/mol. The van der Waals surface area contributed by atoms with Gasteiger partial charge in [-0.05, 0) is 36.8 Å². The van der Waals surface area contributed by atoms with Gasteiger partial charge in [-0.2, -0.15) is 0 Å². The minimum atomic E-state index is -1.06. The summed E-state index contributed by atoms with van der Waals surface area (Å²) in [6, 6.07) is 7.14. The lowest BCUT2D eigenvalue weighted by molar-refractivity contribution is 0.0697. The largest absolute Gasteiger partial charge is 0.478 e. The summed E-state index contributed by atoms with van der Waals surface area (Å²) in [5.74, 6) is -1.06. The Morgan fingerprint density at radius 1 is 1.21 bits per heavy atom. The molecule has 3 rings (SSSR count). The highest BCUT2D eigenvalue weighted by atomic mass is 16.4. The van der Waals surface area contributed by atoms with Crippen LogP contribution >= 0.6 is 0 Å². The number of aliphatic hydroxyl groups excluding tert-OH is 1. The van der Waals surface area contributed by atoms with Crippen molar-refractivity contribution in [1.82, 2.24) is 14.3 Å². The molecule has 0 saturated heterocycles. The lowest BCUT2D eigenvalue weighted by Gasteiger charge is -2.05. The number of nitrogens with one attached hydrogen (secondary N) is 1. The molecule has 0 unspecified atom stereocenters. The van der Waals surface area contributed by atoms with Gasteiger partial charge in [-0.3, -0.25) is 19.3 Å². The van der Waals surface area contributed by atoms with Crippen LogP contribution in [0.15, 0.2) is 39.9 Å². The Labute approximate surface area is 135 Å². The van der Waals surface area contributed by atoms with Gasteiger partial charge in [0, 0.05) is 6.07 Å². The Bertz CT molecular complexity index is 1040. The van der Waals surface area contributed by atoms with Crippen molar-refractivity contribution >= 4 is 17.0 Å². The van der Waals surface area contributed by atoms with Crippen molar-refractivity contribution in [3.8, 4) is 5.69 Å². The quantitative estimate of drug-likeness (QED) is 0.643. The van der Waals surface area contributed by atoms with E-state index in [-0.39, 0.29) is 29.8 Å². The zero-order chi connectivity index (χ0) is 17.4. The Balaban J connectivity index is 2.27. The van der Waals surface area contributed by atoms with Crippen molar-refractivity contribution in [1.29, 1.82) is 0 Å². The third-order valence-corrected chi connectivity index (χ3v) is 3.84. The molecule has 24 heavy (non-hydrogen) atoms. The second-order valence-electron chi connectivity index (χ2n) is 5.37. The Morgan fingerprint density at radius 3 is 2.46 bits per heavy atom. The molecule has 1 aromatic carbocycles. The summed E-state index contributed by atoms with van der Waals surface area (Å²) < 4.78 is 2.54. The molecule has 8 nitrogen and oxygen atoms in total. The van der Waals surface area contributed by atoms with Crippen molar-refractivity contribution in [3.05, 3.63) is 62.2 Å². The number of nitrogens with zero attached hydrogens (tertiary/aromatic N) is 2. The first-order chi connectivity index (χ1) is 11.4. The van der Waals surface area contributed by atoms with Gasteiger partial charge in [0.2, 0.25) is 0 Å². The number of rotatable bonds is 4. The molecule has 8 heteroatoms. The molecule has 124 valence electrons. The van der Waals surface area contributed by atoms with E-state index < -0.39 is 5.97 Å². The van der Waals surface area contributed by atoms with E-state index in [1.54, 1.807) is 6.92 Å². The third-order valence-electron chi connectivity index (χ3n) is 3.84. The molecule has 2 heterocycles. The van der Waals surface area contributed by atoms with E-state index in [4.69, 9.17) is 10.2 Å². The van der Waals surface area contributed by atoms with Gasteiger partial charge in [0.25, 0.3) is 11.1 Å². The van der Waals surface area contributed by atoms with Crippen molar-refractivity contribution in [2.24, 2.45) is 0 Å². The standard InChI is InChI=1S/C16H15N3O5/c1-9-8-12(21)18(6-7-20)14-13(9)15(22)19(17-14)11-4-2-10(3-5-11)16(23)24/h2-5,8,17,20H,6-7H2,1H3,(H,23,24). The maximum atomic E-state index is 12.7. The number of aromatic nitrogens is 3. The van der Waals surface area contributed by atoms with Gasteiger partial charge in [0.15, 0.2) is 0 Å². The summed E-state index contributed by atoms with van der Waals surface area (Å²) in [6.07, 6.45) is 0. The van der Waals surface area contributed by atoms with Gasteiger partial charge in [0.1, 0.15) is 5.65 Å². The minimum Gasteiger partial charge on any atom is -0.478 e. The van der Waals surface area contributed by atoms with Gasteiger partial charge in [0.05, 0.1) is 29.8 Å². The second kappa shape index (κ2) is 5.82. The lowest BCUT2D eigenvalue weighted by Crippen LogP contribution is -2.22. The molecule has 0 bridgehead atoms. The number of fused-ring (bicyclic) bond motifs is 1. The number of benzene rings is 1. The van der Waals surface area contributed by atoms with E-state index in [2.05, 4.69) is 5.10 Å². The van der Waals surface area contributed by atoms with Crippen LogP contribution in [0.1, 0.15) is 15.9 Å². The molecule has 2 aromatic heterocycles. The topological polar surface area (TPSA) is 117 Å². The van der Waals surface area contributed by atoms with Crippen LogP contribution < -0.4 is 11.1 Å². The number of carboxylic acids is 1. The average molecular weight is 329 g/mol. The van der Waals surface area contributed by atoms with E-state index in [1.165, 1.54) is 39.6 Å². The highest BCUT2D eigenvalue weighted by Crippen LogP contribution is 2.14. The average Bonchev–Trinajstić information content (AvgIpc) is 2.89. The first-order valence-corrected chi connectivity index (χ1v) is 7.24. The zero-order valence-electron chi connectivity index (χ0n) is 12.8. The number of aromatic carboxylic acids is 1. The SMILES string of the molecule is Cc1cc(=O)n(CCO)c2[nH]n(-c3ccc(C(=O)O)cc3)c(=O)c12. The molecule has 0 aliphatic heterocycles. The summed E-state index contributed by atoms with van der Waals surface area (Å²) in [7, 11) is 0. The maximum Gasteiger partial charge on any atom is 0.335 e. The zero-order valence-corrected chi connectivity index (χ0v) is 12.8. The number of carboxylic acid groups (broad SMARTS) is 1. The van der Waals surface area contributed by atoms with E-state index in [9.17, 15) is 14.4 Å². The van der Waals surface area contributed by atoms with Crippen LogP contribution in [0.25, 0.3) is 16.7 Å². The number of hydrogen-bond acceptors (Lipinski definition) is 4. The van der Waals surface area contributed by atoms with Crippen LogP contribution in [0, 0.1) is 6.92 Å². The Kier molecular flexibility index (Phi) is 3.82. The number of pyridine rings is 1. The van der Waals surface area contributed by atoms with E-state index in [0.29, 0.717) is 22.3 Å². The molecule has 0 fully saturated rings. The van der Waals surface area contributed by atoms with Crippen molar-refractivity contribution < 1.29 is 15.0 Å². The van der Waals surface area contributed by atoms with Crippen LogP contribution in [-0.2, 0) is 6.54 Å². The first kappa shape index (κ1) is 15.8. The molecule has 0 spiro atoms. The summed E-state index contributed by atoms with van der Waals surface area (Å²) in [5.41, 5.74) is 0.744. The summed E-state index contributed by atoms with van der Waals surface area (Å²) in [5, 5.41) is 21.3. The molecule has 0 atom stereocenters. The molecule has 0 saturated carbocycles. The molecule has 3 aromatic rings. The van der Waals surface area contributed by atoms with Crippen LogP contribution in [0.2, 0.25) is 0 Å². The number of carbonyl (C=O) groups is 1. The molecule has 0 radical (unpaired) electrons. The number of aliphatic hydroxyl groups is 1. The van der Waals surface area contributed by atoms with Gasteiger partial charge in [-0.25, -0.2) is 9.48 Å². The molecular weight excluding hydrogens is 314 g/mol. The number of hydrogen-bond donors (Lipinski definition) is 3. The van der Waals surface area contributed by atoms with Crippen molar-refractivity contribution in [2.45, 2.75) is 13.5 Å². The third kappa shape index (κ3) is 2.42. The number of aryl methyl sites for hydroxylation is 1. The van der Waals surface area contributed by atoms with E-state index in [0.717, 1.165) is 0 Å². The lowest BCUT2D eigenvalue weighted by atomic mass is 10.2. The molecule has 0 amide bonds. The molecular formula is C16H15N3O5. The van der Waals surface area contributed by atoms with Crippen LogP contribution in [-0.4, -0.2) is 37.1 Å². The second-order valence-corrected chi connectivity index (χ2v) is 5.37. The summed E-state index contributed by atoms with van der Waals surface area (Å²) in [4.78, 5) is 35.7. The van der Waals surface area contributed by atoms with Crippen molar-refractivity contribution in [2.75, 3.05) is 6.61 Å². The Morgan fingerprint density at radius 2 is 1.88 bits per heavy atom. The normalized spacial score (nSPS) is 11.1. The molecule has 0 aliphatic carbocycles. The van der Waals surface area contributed by atoms with Gasteiger partial charge < -0.3 is 10.2 Å². The van der Waals surface area contributed by atoms with Gasteiger partial charge in [-0.1, -0.05) is 0 Å². The predicted octanol–water partition coefficient (Wildman–Crippen LogP) is 0.479. The monoisotopic (exact) mass is 329 g/mol. The first-order valence-electron chi connectivity index (χ1n) is 7.24. The highest BCUT2D eigenvalue weighted by Gasteiger charge is 2.15. The van der Waals surface area contributed by atoms with Crippen LogP contribution in [0.4, 0.5) is 0 Å². The van der Waals surface area contributed by atoms with E-state index >= 15 is 0 Å². The fraction of sp³-hybridized carbons (Fsp3) is 0.188. The van der Waals surface area contributed by atoms with Gasteiger partial charge in [-0.15, -0.1) is 0 Å². The smallest absolute Gasteiger partial charge is 0.335 e. The summed E-state index contributed by atoms with van der Waals surface area (Å²) in [6.45, 7) is 1.49. The van der Waals surface area contributed by atoms with Crippen molar-refractivity contribution in [3.63, 3.8) is 0 Å². The fourth-order valence-electron chi connectivity index (χ4n) is 2.68. The number of H-pyrrole nitrogens is 1. The van der Waals surface area contributed by atoms with Crippen LogP contribution in [0.5, 0.6) is 0 Å².